The summed E-state index contributed by atoms with van der Waals surface area (Å²) in [5.74, 6) is -6.01. The van der Waals surface area contributed by atoms with Crippen molar-refractivity contribution in [1.82, 2.24) is 4.90 Å². The van der Waals surface area contributed by atoms with Crippen LogP contribution in [0.4, 0.5) is 19.3 Å². The van der Waals surface area contributed by atoms with Crippen LogP contribution in [0.25, 0.3) is 0 Å². The maximum absolute atomic E-state index is 13.7. The van der Waals surface area contributed by atoms with Crippen LogP contribution in [0.1, 0.15) is 6.42 Å². The summed E-state index contributed by atoms with van der Waals surface area (Å²) in [6.07, 6.45) is 1.41. The van der Waals surface area contributed by atoms with Crippen molar-refractivity contribution in [2.24, 2.45) is 5.73 Å². The topological polar surface area (TPSA) is 95.7 Å². The van der Waals surface area contributed by atoms with E-state index in [0.717, 1.165) is 9.80 Å². The largest absolute Gasteiger partial charge is 0.381 e. The van der Waals surface area contributed by atoms with E-state index in [9.17, 15) is 23.5 Å². The Bertz CT molecular complexity index is 629. The number of thioether (sulfide) groups is 1. The van der Waals surface area contributed by atoms with Crippen LogP contribution in [-0.2, 0) is 4.79 Å². The lowest BCUT2D eigenvalue weighted by atomic mass is 9.94. The van der Waals surface area contributed by atoms with Crippen LogP contribution >= 0.6 is 11.8 Å². The van der Waals surface area contributed by atoms with Crippen LogP contribution < -0.4 is 11.1 Å². The molecule has 0 aromatic heterocycles. The third kappa shape index (κ3) is 3.25. The van der Waals surface area contributed by atoms with Gasteiger partial charge in [-0.1, -0.05) is 12.1 Å². The first-order chi connectivity index (χ1) is 10.7. The Hall–Kier alpha value is -1.87. The first kappa shape index (κ1) is 17.5. The zero-order valence-electron chi connectivity index (χ0n) is 12.4. The number of primary amides is 1. The van der Waals surface area contributed by atoms with Crippen molar-refractivity contribution in [3.8, 4) is 0 Å². The van der Waals surface area contributed by atoms with Crippen molar-refractivity contribution in [2.45, 2.75) is 22.8 Å². The maximum atomic E-state index is 13.7. The molecule has 0 bridgehead atoms. The van der Waals surface area contributed by atoms with Crippen molar-refractivity contribution in [3.05, 3.63) is 24.3 Å². The number of likely N-dealkylation sites (tertiary alicyclic amines) is 1. The number of hydrogen-bond acceptors (Lipinski definition) is 4. The van der Waals surface area contributed by atoms with Gasteiger partial charge in [0.25, 0.3) is 5.91 Å². The molecule has 1 saturated heterocycles. The number of nitrogens with zero attached hydrogens (tertiary/aromatic N) is 1. The number of carbonyl (C=O) groups excluding carboxylic acids is 2. The minimum Gasteiger partial charge on any atom is -0.381 e. The average molecular weight is 345 g/mol. The van der Waals surface area contributed by atoms with E-state index in [2.05, 4.69) is 11.1 Å². The summed E-state index contributed by atoms with van der Waals surface area (Å²) < 4.78 is 27.5. The maximum Gasteiger partial charge on any atom is 0.353 e. The van der Waals surface area contributed by atoms with E-state index >= 15 is 0 Å². The molecule has 0 aliphatic carbocycles. The lowest BCUT2D eigenvalue weighted by Gasteiger charge is -2.29. The molecule has 23 heavy (non-hydrogen) atoms. The van der Waals surface area contributed by atoms with Gasteiger partial charge in [-0.25, -0.2) is 4.79 Å². The number of halogens is 2. The fourth-order valence-corrected chi connectivity index (χ4v) is 2.95. The molecule has 0 spiro atoms. The Morgan fingerprint density at radius 2 is 2.09 bits per heavy atom. The van der Waals surface area contributed by atoms with Crippen LogP contribution in [-0.4, -0.2) is 52.8 Å². The summed E-state index contributed by atoms with van der Waals surface area (Å²) in [5, 5.41) is 12.6. The van der Waals surface area contributed by atoms with Gasteiger partial charge in [0, 0.05) is 17.9 Å². The van der Waals surface area contributed by atoms with Gasteiger partial charge in [0.15, 0.2) is 5.60 Å². The highest BCUT2D eigenvalue weighted by atomic mass is 32.2. The van der Waals surface area contributed by atoms with Gasteiger partial charge in [-0.2, -0.15) is 8.78 Å². The highest BCUT2D eigenvalue weighted by Gasteiger charge is 2.60. The molecule has 126 valence electrons. The Morgan fingerprint density at radius 1 is 1.43 bits per heavy atom. The predicted molar refractivity (Wildman–Crippen MR) is 82.5 cm³/mol. The number of carbonyl (C=O) groups is 2. The molecule has 1 aliphatic rings. The summed E-state index contributed by atoms with van der Waals surface area (Å²) in [6.45, 7) is -0.775. The van der Waals surface area contributed by atoms with Gasteiger partial charge < -0.3 is 21.1 Å². The van der Waals surface area contributed by atoms with E-state index in [-0.39, 0.29) is 6.54 Å². The number of anilines is 1. The number of aliphatic hydroxyl groups is 1. The van der Waals surface area contributed by atoms with Crippen LogP contribution in [0.2, 0.25) is 0 Å². The van der Waals surface area contributed by atoms with Crippen molar-refractivity contribution >= 4 is 29.4 Å². The standard InChI is InChI=1S/C14H17F2N3O3S/c1-23-10-5-3-2-4-9(10)18-12(21)19-7-6-13(22,8-19)14(15,16)11(17)20/h2-5,22H,6-8H2,1H3,(H2,17,20)(H,18,21). The van der Waals surface area contributed by atoms with Gasteiger partial charge in [0.2, 0.25) is 0 Å². The number of nitrogens with two attached hydrogens (primary N) is 1. The third-order valence-electron chi connectivity index (χ3n) is 3.78. The second kappa shape index (κ2) is 6.32. The first-order valence-corrected chi connectivity index (χ1v) is 8.03. The number of nitrogens with one attached hydrogen (secondary N) is 1. The lowest BCUT2D eigenvalue weighted by Crippen LogP contribution is -2.57. The Kier molecular flexibility index (Phi) is 4.81. The van der Waals surface area contributed by atoms with Gasteiger partial charge in [-0.3, -0.25) is 4.79 Å². The quantitative estimate of drug-likeness (QED) is 0.721. The molecule has 0 radical (unpaired) electrons. The number of amides is 3. The molecule has 9 heteroatoms. The lowest BCUT2D eigenvalue weighted by molar-refractivity contribution is -0.185. The number of alkyl halides is 2. The van der Waals surface area contributed by atoms with Crippen LogP contribution in [0.3, 0.4) is 0 Å². The number of rotatable bonds is 4. The monoisotopic (exact) mass is 345 g/mol. The number of para-hydroxylation sites is 1. The zero-order chi connectivity index (χ0) is 17.3. The molecule has 3 amide bonds. The predicted octanol–water partition coefficient (Wildman–Crippen LogP) is 1.50. The molecule has 1 aromatic rings. The number of benzene rings is 1. The molecule has 1 unspecified atom stereocenters. The molecule has 2 rings (SSSR count). The molecule has 4 N–H and O–H groups in total. The molecule has 0 saturated carbocycles. The van der Waals surface area contributed by atoms with Crippen LogP contribution in [0, 0.1) is 0 Å². The van der Waals surface area contributed by atoms with Gasteiger partial charge in [-0.15, -0.1) is 11.8 Å². The van der Waals surface area contributed by atoms with Crippen LogP contribution in [0.15, 0.2) is 29.2 Å². The Balaban J connectivity index is 2.10. The molecule has 1 fully saturated rings. The summed E-state index contributed by atoms with van der Waals surface area (Å²) in [4.78, 5) is 24.9. The van der Waals surface area contributed by atoms with E-state index in [0.29, 0.717) is 5.69 Å². The van der Waals surface area contributed by atoms with Crippen molar-refractivity contribution < 1.29 is 23.5 Å². The van der Waals surface area contributed by atoms with E-state index in [1.807, 2.05) is 18.4 Å². The van der Waals surface area contributed by atoms with Gasteiger partial charge in [0.05, 0.1) is 12.2 Å². The van der Waals surface area contributed by atoms with E-state index in [1.165, 1.54) is 11.8 Å². The minimum atomic E-state index is -4.10. The average Bonchev–Trinajstić information content (AvgIpc) is 2.92. The number of urea groups is 1. The molecular weight excluding hydrogens is 328 g/mol. The van der Waals surface area contributed by atoms with Crippen molar-refractivity contribution in [3.63, 3.8) is 0 Å². The molecule has 6 nitrogen and oxygen atoms in total. The molecule has 1 aliphatic heterocycles. The third-order valence-corrected chi connectivity index (χ3v) is 4.57. The molecule has 1 heterocycles. The second-order valence-corrected chi connectivity index (χ2v) is 6.12. The normalized spacial score (nSPS) is 21.3. The smallest absolute Gasteiger partial charge is 0.353 e. The van der Waals surface area contributed by atoms with Gasteiger partial charge in [0.1, 0.15) is 0 Å². The van der Waals surface area contributed by atoms with Gasteiger partial charge >= 0.3 is 12.0 Å². The van der Waals surface area contributed by atoms with Crippen molar-refractivity contribution in [2.75, 3.05) is 24.7 Å². The number of hydrogen-bond donors (Lipinski definition) is 3. The number of β-amino-alcohol motifs (C(OH)–C–C–N with tert-alkyl or cyclic N) is 1. The van der Waals surface area contributed by atoms with Gasteiger partial charge in [-0.05, 0) is 18.4 Å². The Morgan fingerprint density at radius 3 is 2.70 bits per heavy atom. The fourth-order valence-electron chi connectivity index (χ4n) is 2.39. The van der Waals surface area contributed by atoms with E-state index in [4.69, 9.17) is 0 Å². The second-order valence-electron chi connectivity index (χ2n) is 5.27. The summed E-state index contributed by atoms with van der Waals surface area (Å²) in [5.41, 5.74) is 2.55. The summed E-state index contributed by atoms with van der Waals surface area (Å²) in [7, 11) is 0. The first-order valence-electron chi connectivity index (χ1n) is 6.80. The van der Waals surface area contributed by atoms with E-state index < -0.39 is 36.4 Å². The SMILES string of the molecule is CSc1ccccc1NC(=O)N1CCC(O)(C(F)(F)C(N)=O)C1. The van der Waals surface area contributed by atoms with Crippen molar-refractivity contribution in [1.29, 1.82) is 0 Å². The molecule has 1 atom stereocenters. The molecular formula is C14H17F2N3O3S. The van der Waals surface area contributed by atoms with Crippen LogP contribution in [0.5, 0.6) is 0 Å². The minimum absolute atomic E-state index is 0.105. The Labute approximate surface area is 136 Å². The fraction of sp³-hybridized carbons (Fsp3) is 0.429. The zero-order valence-corrected chi connectivity index (χ0v) is 13.2. The summed E-state index contributed by atoms with van der Waals surface area (Å²) in [6, 6.07) is 6.41. The van der Waals surface area contributed by atoms with E-state index in [1.54, 1.807) is 12.1 Å². The summed E-state index contributed by atoms with van der Waals surface area (Å²) >= 11 is 1.42. The highest BCUT2D eigenvalue weighted by molar-refractivity contribution is 7.98. The molecule has 1 aromatic carbocycles. The highest BCUT2D eigenvalue weighted by Crippen LogP contribution is 2.36.